The lowest BCUT2D eigenvalue weighted by Gasteiger charge is -2.13. The maximum atomic E-state index is 11.7. The molecule has 0 bridgehead atoms. The van der Waals surface area contributed by atoms with E-state index in [0.717, 1.165) is 17.7 Å². The lowest BCUT2D eigenvalue weighted by atomic mass is 10.1. The zero-order valence-electron chi connectivity index (χ0n) is 11.6. The van der Waals surface area contributed by atoms with E-state index in [1.807, 2.05) is 31.2 Å². The Morgan fingerprint density at radius 1 is 1.39 bits per heavy atom. The maximum absolute atomic E-state index is 11.7. The first kappa shape index (κ1) is 14.7. The molecule has 0 spiro atoms. The topological polar surface area (TPSA) is 41.1 Å². The van der Waals surface area contributed by atoms with Gasteiger partial charge in [-0.15, -0.1) is 0 Å². The summed E-state index contributed by atoms with van der Waals surface area (Å²) in [4.78, 5) is 11.7. The summed E-state index contributed by atoms with van der Waals surface area (Å²) in [5, 5.41) is 6.13. The molecular formula is C15H24N2O. The minimum absolute atomic E-state index is 0.0175. The van der Waals surface area contributed by atoms with Crippen LogP contribution in [0.3, 0.4) is 0 Å². The van der Waals surface area contributed by atoms with Gasteiger partial charge in [-0.05, 0) is 38.0 Å². The summed E-state index contributed by atoms with van der Waals surface area (Å²) in [6.45, 7) is 6.69. The van der Waals surface area contributed by atoms with Crippen molar-refractivity contribution >= 4 is 11.6 Å². The summed E-state index contributed by atoms with van der Waals surface area (Å²) in [5.41, 5.74) is 2.01. The summed E-state index contributed by atoms with van der Waals surface area (Å²) < 4.78 is 0. The number of benzene rings is 1. The van der Waals surface area contributed by atoms with Gasteiger partial charge in [0, 0.05) is 11.7 Å². The number of rotatable bonds is 7. The lowest BCUT2D eigenvalue weighted by Crippen LogP contribution is -2.34. The molecule has 1 aromatic carbocycles. The van der Waals surface area contributed by atoms with Crippen molar-refractivity contribution in [2.45, 2.75) is 46.1 Å². The minimum Gasteiger partial charge on any atom is -0.325 e. The van der Waals surface area contributed by atoms with Crippen molar-refractivity contribution in [2.24, 2.45) is 0 Å². The van der Waals surface area contributed by atoms with Gasteiger partial charge in [-0.25, -0.2) is 0 Å². The second-order valence-corrected chi connectivity index (χ2v) is 4.84. The van der Waals surface area contributed by atoms with Gasteiger partial charge >= 0.3 is 0 Å². The Morgan fingerprint density at radius 2 is 2.17 bits per heavy atom. The first-order valence-corrected chi connectivity index (χ1v) is 6.71. The van der Waals surface area contributed by atoms with Gasteiger partial charge in [0.25, 0.3) is 0 Å². The number of nitrogens with one attached hydrogen (secondary N) is 2. The molecule has 2 N–H and O–H groups in total. The van der Waals surface area contributed by atoms with E-state index in [9.17, 15) is 4.79 Å². The number of anilines is 1. The molecule has 0 radical (unpaired) electrons. The molecule has 0 saturated heterocycles. The largest absolute Gasteiger partial charge is 0.325 e. The van der Waals surface area contributed by atoms with Gasteiger partial charge in [0.05, 0.1) is 6.54 Å². The van der Waals surface area contributed by atoms with Gasteiger partial charge in [-0.1, -0.05) is 31.9 Å². The van der Waals surface area contributed by atoms with Crippen molar-refractivity contribution in [2.75, 3.05) is 11.9 Å². The predicted molar refractivity (Wildman–Crippen MR) is 76.8 cm³/mol. The molecule has 0 aliphatic rings. The van der Waals surface area contributed by atoms with E-state index in [0.29, 0.717) is 12.6 Å². The van der Waals surface area contributed by atoms with Crippen molar-refractivity contribution < 1.29 is 4.79 Å². The van der Waals surface area contributed by atoms with E-state index in [4.69, 9.17) is 0 Å². The highest BCUT2D eigenvalue weighted by Crippen LogP contribution is 2.09. The molecule has 0 heterocycles. The number of hydrogen-bond acceptors (Lipinski definition) is 2. The van der Waals surface area contributed by atoms with Gasteiger partial charge in [-0.2, -0.15) is 0 Å². The highest BCUT2D eigenvalue weighted by Gasteiger charge is 2.05. The summed E-state index contributed by atoms with van der Waals surface area (Å²) >= 11 is 0. The number of carbonyl (C=O) groups is 1. The third-order valence-electron chi connectivity index (χ3n) is 2.90. The minimum atomic E-state index is 0.0175. The lowest BCUT2D eigenvalue weighted by molar-refractivity contribution is -0.115. The van der Waals surface area contributed by atoms with Crippen LogP contribution in [0.1, 0.15) is 38.7 Å². The van der Waals surface area contributed by atoms with Crippen LogP contribution in [0.5, 0.6) is 0 Å². The average Bonchev–Trinajstić information content (AvgIpc) is 2.34. The molecule has 3 heteroatoms. The number of amides is 1. The SMILES string of the molecule is CCCCC(C)NCC(=O)Nc1cccc(C)c1. The van der Waals surface area contributed by atoms with E-state index in [1.165, 1.54) is 12.8 Å². The Labute approximate surface area is 110 Å². The van der Waals surface area contributed by atoms with E-state index in [1.54, 1.807) is 0 Å². The van der Waals surface area contributed by atoms with Crippen LogP contribution < -0.4 is 10.6 Å². The molecule has 100 valence electrons. The van der Waals surface area contributed by atoms with Crippen LogP contribution in [0.15, 0.2) is 24.3 Å². The molecule has 1 atom stereocenters. The summed E-state index contributed by atoms with van der Waals surface area (Å²) in [5.74, 6) is 0.0175. The Bertz CT molecular complexity index is 377. The van der Waals surface area contributed by atoms with Crippen molar-refractivity contribution in [3.63, 3.8) is 0 Å². The molecule has 3 nitrogen and oxygen atoms in total. The summed E-state index contributed by atoms with van der Waals surface area (Å²) in [6.07, 6.45) is 3.52. The fourth-order valence-electron chi connectivity index (χ4n) is 1.81. The van der Waals surface area contributed by atoms with Crippen LogP contribution in [0, 0.1) is 6.92 Å². The number of aryl methyl sites for hydroxylation is 1. The third-order valence-corrected chi connectivity index (χ3v) is 2.90. The van der Waals surface area contributed by atoms with Gasteiger partial charge < -0.3 is 10.6 Å². The van der Waals surface area contributed by atoms with Crippen LogP contribution >= 0.6 is 0 Å². The first-order chi connectivity index (χ1) is 8.61. The van der Waals surface area contributed by atoms with Crippen LogP contribution in [0.4, 0.5) is 5.69 Å². The van der Waals surface area contributed by atoms with E-state index < -0.39 is 0 Å². The molecule has 0 fully saturated rings. The van der Waals surface area contributed by atoms with Crippen molar-refractivity contribution in [3.8, 4) is 0 Å². The second-order valence-electron chi connectivity index (χ2n) is 4.84. The van der Waals surface area contributed by atoms with E-state index in [-0.39, 0.29) is 5.91 Å². The standard InChI is InChI=1S/C15H24N2O/c1-4-5-8-13(3)16-11-15(18)17-14-9-6-7-12(2)10-14/h6-7,9-10,13,16H,4-5,8,11H2,1-3H3,(H,17,18). The van der Waals surface area contributed by atoms with Crippen LogP contribution in [0.2, 0.25) is 0 Å². The van der Waals surface area contributed by atoms with Gasteiger partial charge in [0.1, 0.15) is 0 Å². The smallest absolute Gasteiger partial charge is 0.238 e. The van der Waals surface area contributed by atoms with Crippen molar-refractivity contribution in [1.29, 1.82) is 0 Å². The van der Waals surface area contributed by atoms with Crippen molar-refractivity contribution in [3.05, 3.63) is 29.8 Å². The average molecular weight is 248 g/mol. The molecule has 1 unspecified atom stereocenters. The highest BCUT2D eigenvalue weighted by molar-refractivity contribution is 5.92. The Morgan fingerprint density at radius 3 is 2.83 bits per heavy atom. The van der Waals surface area contributed by atoms with Crippen molar-refractivity contribution in [1.82, 2.24) is 5.32 Å². The molecule has 0 saturated carbocycles. The fourth-order valence-corrected chi connectivity index (χ4v) is 1.81. The number of carbonyl (C=O) groups excluding carboxylic acids is 1. The van der Waals surface area contributed by atoms with E-state index >= 15 is 0 Å². The normalized spacial score (nSPS) is 12.2. The molecule has 0 aromatic heterocycles. The Kier molecular flexibility index (Phi) is 6.44. The van der Waals surface area contributed by atoms with E-state index in [2.05, 4.69) is 24.5 Å². The highest BCUT2D eigenvalue weighted by atomic mass is 16.1. The zero-order chi connectivity index (χ0) is 13.4. The Balaban J connectivity index is 2.29. The molecule has 1 aromatic rings. The zero-order valence-corrected chi connectivity index (χ0v) is 11.6. The van der Waals surface area contributed by atoms with Gasteiger partial charge in [-0.3, -0.25) is 4.79 Å². The second kappa shape index (κ2) is 7.88. The summed E-state index contributed by atoms with van der Waals surface area (Å²) in [7, 11) is 0. The monoisotopic (exact) mass is 248 g/mol. The fraction of sp³-hybridized carbons (Fsp3) is 0.533. The Hall–Kier alpha value is -1.35. The van der Waals surface area contributed by atoms with Gasteiger partial charge in [0.15, 0.2) is 0 Å². The van der Waals surface area contributed by atoms with Crippen LogP contribution in [0.25, 0.3) is 0 Å². The van der Waals surface area contributed by atoms with Gasteiger partial charge in [0.2, 0.25) is 5.91 Å². The maximum Gasteiger partial charge on any atom is 0.238 e. The summed E-state index contributed by atoms with van der Waals surface area (Å²) in [6, 6.07) is 8.24. The molecule has 0 aliphatic carbocycles. The van der Waals surface area contributed by atoms with Crippen LogP contribution in [-0.2, 0) is 4.79 Å². The molecule has 18 heavy (non-hydrogen) atoms. The molecule has 0 aliphatic heterocycles. The third kappa shape index (κ3) is 5.82. The first-order valence-electron chi connectivity index (χ1n) is 6.71. The predicted octanol–water partition coefficient (Wildman–Crippen LogP) is 3.10. The molecular weight excluding hydrogens is 224 g/mol. The quantitative estimate of drug-likeness (QED) is 0.778. The number of unbranched alkanes of at least 4 members (excludes halogenated alkanes) is 1. The number of hydrogen-bond donors (Lipinski definition) is 2. The van der Waals surface area contributed by atoms with Crippen LogP contribution in [-0.4, -0.2) is 18.5 Å². The molecule has 1 rings (SSSR count). The molecule has 1 amide bonds.